The van der Waals surface area contributed by atoms with E-state index in [-0.39, 0.29) is 0 Å². The minimum absolute atomic E-state index is 0.829. The van der Waals surface area contributed by atoms with Gasteiger partial charge in [0, 0.05) is 39.0 Å². The summed E-state index contributed by atoms with van der Waals surface area (Å²) in [5.74, 6) is 2.02. The Morgan fingerprint density at radius 1 is 1.53 bits per heavy atom. The molecule has 1 aromatic heterocycles. The van der Waals surface area contributed by atoms with Crippen LogP contribution in [0.25, 0.3) is 0 Å². The van der Waals surface area contributed by atoms with E-state index in [2.05, 4.69) is 26.8 Å². The lowest BCUT2D eigenvalue weighted by atomic mass is 9.98. The highest BCUT2D eigenvalue weighted by molar-refractivity contribution is 4.92. The molecule has 1 saturated heterocycles. The van der Waals surface area contributed by atoms with Crippen LogP contribution in [0.5, 0.6) is 0 Å². The van der Waals surface area contributed by atoms with Gasteiger partial charge in [-0.15, -0.1) is 0 Å². The number of nitrogens with one attached hydrogen (secondary N) is 1. The fraction of sp³-hybridized carbons (Fsp3) is 0.769. The van der Waals surface area contributed by atoms with Gasteiger partial charge in [-0.05, 0) is 38.9 Å². The Morgan fingerprint density at radius 3 is 3.12 bits per heavy atom. The Morgan fingerprint density at radius 2 is 2.41 bits per heavy atom. The number of piperidine rings is 1. The normalized spacial score (nSPS) is 21.9. The SMILES string of the molecule is CNCC1CCCN(CCc2nccn2C)C1. The summed E-state index contributed by atoms with van der Waals surface area (Å²) >= 11 is 0. The van der Waals surface area contributed by atoms with Crippen LogP contribution in [0.2, 0.25) is 0 Å². The standard InChI is InChI=1S/C13H24N4/c1-14-10-12-4-3-7-17(11-12)8-5-13-15-6-9-16(13)2/h6,9,12,14H,3-5,7-8,10-11H2,1-2H3. The van der Waals surface area contributed by atoms with Gasteiger partial charge in [0.2, 0.25) is 0 Å². The molecule has 4 nitrogen and oxygen atoms in total. The maximum Gasteiger partial charge on any atom is 0.109 e. The van der Waals surface area contributed by atoms with Crippen LogP contribution in [0.3, 0.4) is 0 Å². The molecule has 0 saturated carbocycles. The van der Waals surface area contributed by atoms with Crippen LogP contribution in [0.1, 0.15) is 18.7 Å². The second-order valence-corrected chi connectivity index (χ2v) is 5.07. The second kappa shape index (κ2) is 6.17. The van der Waals surface area contributed by atoms with Gasteiger partial charge in [-0.2, -0.15) is 0 Å². The molecule has 2 rings (SSSR count). The van der Waals surface area contributed by atoms with Crippen molar-refractivity contribution in [2.24, 2.45) is 13.0 Å². The molecular formula is C13H24N4. The topological polar surface area (TPSA) is 33.1 Å². The van der Waals surface area contributed by atoms with Crippen molar-refractivity contribution in [2.45, 2.75) is 19.3 Å². The summed E-state index contributed by atoms with van der Waals surface area (Å²) in [7, 11) is 4.12. The van der Waals surface area contributed by atoms with Gasteiger partial charge in [0.15, 0.2) is 0 Å². The van der Waals surface area contributed by atoms with Crippen LogP contribution in [-0.2, 0) is 13.5 Å². The molecule has 1 N–H and O–H groups in total. The molecule has 2 heterocycles. The van der Waals surface area contributed by atoms with Gasteiger partial charge < -0.3 is 14.8 Å². The molecule has 1 aliphatic rings. The predicted molar refractivity (Wildman–Crippen MR) is 70.0 cm³/mol. The summed E-state index contributed by atoms with van der Waals surface area (Å²) < 4.78 is 2.12. The van der Waals surface area contributed by atoms with Gasteiger partial charge >= 0.3 is 0 Å². The molecule has 0 bridgehead atoms. The molecule has 96 valence electrons. The molecule has 1 unspecified atom stereocenters. The maximum atomic E-state index is 4.38. The average Bonchev–Trinajstić information content (AvgIpc) is 2.73. The lowest BCUT2D eigenvalue weighted by Crippen LogP contribution is -2.40. The molecule has 4 heteroatoms. The molecule has 1 fully saturated rings. The zero-order valence-corrected chi connectivity index (χ0v) is 11.0. The fourth-order valence-corrected chi connectivity index (χ4v) is 2.71. The second-order valence-electron chi connectivity index (χ2n) is 5.07. The summed E-state index contributed by atoms with van der Waals surface area (Å²) in [6, 6.07) is 0. The Labute approximate surface area is 104 Å². The van der Waals surface area contributed by atoms with Gasteiger partial charge in [-0.1, -0.05) is 0 Å². The van der Waals surface area contributed by atoms with Crippen molar-refractivity contribution < 1.29 is 0 Å². The highest BCUT2D eigenvalue weighted by atomic mass is 15.1. The largest absolute Gasteiger partial charge is 0.338 e. The maximum absolute atomic E-state index is 4.38. The third kappa shape index (κ3) is 3.54. The Bertz CT molecular complexity index is 332. The first-order valence-corrected chi connectivity index (χ1v) is 6.62. The molecular weight excluding hydrogens is 212 g/mol. The third-order valence-corrected chi connectivity index (χ3v) is 3.67. The van der Waals surface area contributed by atoms with Crippen LogP contribution in [0, 0.1) is 5.92 Å². The number of hydrogen-bond acceptors (Lipinski definition) is 3. The monoisotopic (exact) mass is 236 g/mol. The van der Waals surface area contributed by atoms with Crippen molar-refractivity contribution in [1.29, 1.82) is 0 Å². The number of imidazole rings is 1. The minimum atomic E-state index is 0.829. The van der Waals surface area contributed by atoms with E-state index in [0.717, 1.165) is 25.4 Å². The van der Waals surface area contributed by atoms with E-state index in [9.17, 15) is 0 Å². The summed E-state index contributed by atoms with van der Waals surface area (Å²) in [6.45, 7) is 4.79. The molecule has 1 aromatic rings. The minimum Gasteiger partial charge on any atom is -0.338 e. The van der Waals surface area contributed by atoms with Crippen LogP contribution in [-0.4, -0.2) is 47.7 Å². The van der Waals surface area contributed by atoms with Crippen molar-refractivity contribution in [2.75, 3.05) is 33.2 Å². The van der Waals surface area contributed by atoms with E-state index in [1.54, 1.807) is 0 Å². The third-order valence-electron chi connectivity index (χ3n) is 3.67. The van der Waals surface area contributed by atoms with Crippen molar-refractivity contribution in [3.8, 4) is 0 Å². The molecule has 0 amide bonds. The molecule has 17 heavy (non-hydrogen) atoms. The average molecular weight is 236 g/mol. The highest BCUT2D eigenvalue weighted by Crippen LogP contribution is 2.15. The molecule has 0 spiro atoms. The summed E-state index contributed by atoms with van der Waals surface area (Å²) in [5, 5.41) is 3.29. The number of aromatic nitrogens is 2. The van der Waals surface area contributed by atoms with Crippen LogP contribution >= 0.6 is 0 Å². The molecule has 0 aliphatic carbocycles. The number of nitrogens with zero attached hydrogens (tertiary/aromatic N) is 3. The van der Waals surface area contributed by atoms with Crippen LogP contribution in [0.4, 0.5) is 0 Å². The Kier molecular flexibility index (Phi) is 4.57. The van der Waals surface area contributed by atoms with Gasteiger partial charge in [-0.25, -0.2) is 4.98 Å². The van der Waals surface area contributed by atoms with E-state index >= 15 is 0 Å². The van der Waals surface area contributed by atoms with Crippen LogP contribution in [0.15, 0.2) is 12.4 Å². The van der Waals surface area contributed by atoms with E-state index in [1.807, 2.05) is 19.4 Å². The van der Waals surface area contributed by atoms with Gasteiger partial charge in [0.1, 0.15) is 5.82 Å². The number of likely N-dealkylation sites (tertiary alicyclic amines) is 1. The lowest BCUT2D eigenvalue weighted by Gasteiger charge is -2.32. The number of hydrogen-bond donors (Lipinski definition) is 1. The number of aryl methyl sites for hydroxylation is 1. The molecule has 0 radical (unpaired) electrons. The fourth-order valence-electron chi connectivity index (χ4n) is 2.71. The zero-order chi connectivity index (χ0) is 12.1. The van der Waals surface area contributed by atoms with E-state index < -0.39 is 0 Å². The lowest BCUT2D eigenvalue weighted by molar-refractivity contribution is 0.174. The molecule has 1 aliphatic heterocycles. The summed E-state index contributed by atoms with van der Waals surface area (Å²) in [5.41, 5.74) is 0. The first-order valence-electron chi connectivity index (χ1n) is 6.62. The smallest absolute Gasteiger partial charge is 0.109 e. The first kappa shape index (κ1) is 12.6. The van der Waals surface area contributed by atoms with Crippen molar-refractivity contribution in [3.63, 3.8) is 0 Å². The van der Waals surface area contributed by atoms with Crippen molar-refractivity contribution in [3.05, 3.63) is 18.2 Å². The van der Waals surface area contributed by atoms with E-state index in [0.29, 0.717) is 0 Å². The molecule has 1 atom stereocenters. The highest BCUT2D eigenvalue weighted by Gasteiger charge is 2.19. The Hall–Kier alpha value is -0.870. The predicted octanol–water partition coefficient (Wildman–Crippen LogP) is 0.894. The van der Waals surface area contributed by atoms with Gasteiger partial charge in [0.05, 0.1) is 0 Å². The summed E-state index contributed by atoms with van der Waals surface area (Å²) in [4.78, 5) is 6.96. The van der Waals surface area contributed by atoms with E-state index in [4.69, 9.17) is 0 Å². The van der Waals surface area contributed by atoms with Crippen LogP contribution < -0.4 is 5.32 Å². The van der Waals surface area contributed by atoms with Crippen molar-refractivity contribution in [1.82, 2.24) is 19.8 Å². The van der Waals surface area contributed by atoms with Crippen molar-refractivity contribution >= 4 is 0 Å². The zero-order valence-electron chi connectivity index (χ0n) is 11.0. The Balaban J connectivity index is 1.77. The van der Waals surface area contributed by atoms with Gasteiger partial charge in [-0.3, -0.25) is 0 Å². The molecule has 0 aromatic carbocycles. The first-order chi connectivity index (χ1) is 8.29. The van der Waals surface area contributed by atoms with E-state index in [1.165, 1.54) is 31.8 Å². The number of rotatable bonds is 5. The summed E-state index contributed by atoms with van der Waals surface area (Å²) in [6.07, 6.45) is 7.69. The quantitative estimate of drug-likeness (QED) is 0.824. The van der Waals surface area contributed by atoms with Gasteiger partial charge in [0.25, 0.3) is 0 Å².